The van der Waals surface area contributed by atoms with Crippen LogP contribution >= 0.6 is 0 Å². The Morgan fingerprint density at radius 3 is 2.41 bits per heavy atom. The number of amides is 1. The predicted molar refractivity (Wildman–Crippen MR) is 114 cm³/mol. The molecule has 0 N–H and O–H groups in total. The van der Waals surface area contributed by atoms with Gasteiger partial charge in [0.15, 0.2) is 0 Å². The van der Waals surface area contributed by atoms with Crippen LogP contribution in [0.5, 0.6) is 5.75 Å². The van der Waals surface area contributed by atoms with E-state index in [0.717, 1.165) is 22.6 Å². The summed E-state index contributed by atoms with van der Waals surface area (Å²) in [5, 5.41) is 4.41. The first-order chi connectivity index (χ1) is 14.0. The Morgan fingerprint density at radius 2 is 1.72 bits per heavy atom. The second kappa shape index (κ2) is 9.89. The highest BCUT2D eigenvalue weighted by atomic mass is 16.5. The number of hydrogen-bond acceptors (Lipinski definition) is 4. The molecule has 0 aliphatic carbocycles. The highest BCUT2D eigenvalue weighted by molar-refractivity contribution is 5.77. The molecule has 0 aliphatic heterocycles. The minimum atomic E-state index is 0.0804. The Morgan fingerprint density at radius 1 is 1.00 bits per heavy atom. The first kappa shape index (κ1) is 20.6. The van der Waals surface area contributed by atoms with Crippen LogP contribution in [0.2, 0.25) is 0 Å². The van der Waals surface area contributed by atoms with Crippen molar-refractivity contribution in [1.82, 2.24) is 19.6 Å². The van der Waals surface area contributed by atoms with Gasteiger partial charge in [0.1, 0.15) is 5.75 Å². The van der Waals surface area contributed by atoms with Gasteiger partial charge in [0.05, 0.1) is 25.0 Å². The lowest BCUT2D eigenvalue weighted by Gasteiger charge is -2.21. The quantitative estimate of drug-likeness (QED) is 0.560. The molecule has 2 aromatic carbocycles. The van der Waals surface area contributed by atoms with Crippen LogP contribution < -0.4 is 4.74 Å². The number of hydrogen-bond donors (Lipinski definition) is 0. The molecule has 0 aliphatic rings. The Kier molecular flexibility index (Phi) is 7.03. The highest BCUT2D eigenvalue weighted by Crippen LogP contribution is 2.14. The summed E-state index contributed by atoms with van der Waals surface area (Å²) in [5.41, 5.74) is 3.17. The van der Waals surface area contributed by atoms with Gasteiger partial charge >= 0.3 is 0 Å². The fourth-order valence-electron chi connectivity index (χ4n) is 3.10. The molecule has 0 saturated carbocycles. The molecule has 0 saturated heterocycles. The zero-order chi connectivity index (χ0) is 20.6. The van der Waals surface area contributed by atoms with E-state index in [1.165, 1.54) is 0 Å². The zero-order valence-electron chi connectivity index (χ0n) is 17.3. The lowest BCUT2D eigenvalue weighted by atomic mass is 10.2. The normalized spacial score (nSPS) is 10.9. The summed E-state index contributed by atoms with van der Waals surface area (Å²) in [4.78, 5) is 16.3. The van der Waals surface area contributed by atoms with Crippen LogP contribution in [0.15, 0.2) is 67.0 Å². The molecule has 1 aromatic heterocycles. The van der Waals surface area contributed by atoms with Crippen molar-refractivity contribution in [3.05, 3.63) is 78.1 Å². The van der Waals surface area contributed by atoms with Crippen LogP contribution in [0.3, 0.4) is 0 Å². The predicted octanol–water partition coefficient (Wildman–Crippen LogP) is 3.36. The van der Waals surface area contributed by atoms with Crippen LogP contribution in [0.25, 0.3) is 5.69 Å². The molecule has 3 rings (SSSR count). The first-order valence-corrected chi connectivity index (χ1v) is 9.78. The number of rotatable bonds is 9. The average Bonchev–Trinajstić information content (AvgIpc) is 3.18. The maximum atomic E-state index is 12.6. The van der Waals surface area contributed by atoms with Gasteiger partial charge in [0, 0.05) is 31.9 Å². The largest absolute Gasteiger partial charge is 0.494 e. The van der Waals surface area contributed by atoms with E-state index in [-0.39, 0.29) is 5.91 Å². The molecule has 0 spiro atoms. The number of carbonyl (C=O) groups is 1. The third-order valence-corrected chi connectivity index (χ3v) is 4.59. The van der Waals surface area contributed by atoms with Crippen molar-refractivity contribution in [3.63, 3.8) is 0 Å². The number of nitrogens with zero attached hydrogens (tertiary/aromatic N) is 4. The smallest absolute Gasteiger partial charge is 0.236 e. The van der Waals surface area contributed by atoms with Gasteiger partial charge in [-0.1, -0.05) is 30.3 Å². The Balaban J connectivity index is 1.50. The summed E-state index contributed by atoms with van der Waals surface area (Å²) < 4.78 is 7.31. The number of likely N-dealkylation sites (N-methyl/N-ethyl adjacent to an activating group) is 2. The van der Waals surface area contributed by atoms with E-state index in [0.29, 0.717) is 26.2 Å². The van der Waals surface area contributed by atoms with Crippen molar-refractivity contribution in [2.24, 2.45) is 0 Å². The van der Waals surface area contributed by atoms with Crippen LogP contribution in [-0.4, -0.2) is 52.7 Å². The van der Waals surface area contributed by atoms with Gasteiger partial charge in [-0.15, -0.1) is 0 Å². The van der Waals surface area contributed by atoms with E-state index in [9.17, 15) is 4.79 Å². The van der Waals surface area contributed by atoms with Gasteiger partial charge < -0.3 is 9.64 Å². The van der Waals surface area contributed by atoms with Gasteiger partial charge in [-0.25, -0.2) is 4.68 Å². The van der Waals surface area contributed by atoms with Crippen LogP contribution in [-0.2, 0) is 17.9 Å². The third kappa shape index (κ3) is 5.93. The van der Waals surface area contributed by atoms with Crippen LogP contribution in [0.4, 0.5) is 0 Å². The molecule has 0 radical (unpaired) electrons. The van der Waals surface area contributed by atoms with E-state index >= 15 is 0 Å². The Bertz CT molecular complexity index is 906. The molecule has 0 atom stereocenters. The molecule has 3 aromatic rings. The van der Waals surface area contributed by atoms with Crippen LogP contribution in [0, 0.1) is 0 Å². The van der Waals surface area contributed by atoms with E-state index in [2.05, 4.69) is 5.10 Å². The van der Waals surface area contributed by atoms with E-state index in [1.54, 1.807) is 4.90 Å². The average molecular weight is 393 g/mol. The molecule has 29 heavy (non-hydrogen) atoms. The molecule has 152 valence electrons. The molecule has 0 fully saturated rings. The standard InChI is InChI=1S/C23H28N4O2/c1-4-29-22-12-10-19(11-13-22)16-26(3)23(28)18-25(2)15-20-14-24-27(17-20)21-8-6-5-7-9-21/h5-14,17H,4,15-16,18H2,1-3H3. The van der Waals surface area contributed by atoms with Gasteiger partial charge in [0.25, 0.3) is 0 Å². The third-order valence-electron chi connectivity index (χ3n) is 4.59. The van der Waals surface area contributed by atoms with E-state index < -0.39 is 0 Å². The van der Waals surface area contributed by atoms with Crippen molar-refractivity contribution in [2.75, 3.05) is 27.2 Å². The monoisotopic (exact) mass is 392 g/mol. The van der Waals surface area contributed by atoms with Gasteiger partial charge in [-0.05, 0) is 43.8 Å². The molecule has 1 amide bonds. The fraction of sp³-hybridized carbons (Fsp3) is 0.304. The number of ether oxygens (including phenoxy) is 1. The van der Waals surface area contributed by atoms with Gasteiger partial charge in [-0.3, -0.25) is 9.69 Å². The van der Waals surface area contributed by atoms with Crippen molar-refractivity contribution in [1.29, 1.82) is 0 Å². The Labute approximate surface area is 172 Å². The lowest BCUT2D eigenvalue weighted by molar-refractivity contribution is -0.131. The summed E-state index contributed by atoms with van der Waals surface area (Å²) in [6, 6.07) is 17.9. The lowest BCUT2D eigenvalue weighted by Crippen LogP contribution is -2.36. The highest BCUT2D eigenvalue weighted by Gasteiger charge is 2.13. The second-order valence-corrected chi connectivity index (χ2v) is 7.13. The summed E-state index contributed by atoms with van der Waals surface area (Å²) in [6.07, 6.45) is 3.84. The fourth-order valence-corrected chi connectivity index (χ4v) is 3.10. The zero-order valence-corrected chi connectivity index (χ0v) is 17.3. The number of para-hydroxylation sites is 1. The molecule has 0 unspecified atom stereocenters. The topological polar surface area (TPSA) is 50.6 Å². The maximum absolute atomic E-state index is 12.6. The molecule has 6 nitrogen and oxygen atoms in total. The van der Waals surface area contributed by atoms with Crippen molar-refractivity contribution < 1.29 is 9.53 Å². The van der Waals surface area contributed by atoms with Crippen LogP contribution in [0.1, 0.15) is 18.1 Å². The number of carbonyl (C=O) groups excluding carboxylic acids is 1. The summed E-state index contributed by atoms with van der Waals surface area (Å²) >= 11 is 0. The molecule has 6 heteroatoms. The summed E-state index contributed by atoms with van der Waals surface area (Å²) in [5.74, 6) is 0.929. The Hall–Kier alpha value is -3.12. The summed E-state index contributed by atoms with van der Waals surface area (Å²) in [7, 11) is 3.78. The van der Waals surface area contributed by atoms with Crippen molar-refractivity contribution in [2.45, 2.75) is 20.0 Å². The molecular weight excluding hydrogens is 364 g/mol. The molecule has 1 heterocycles. The first-order valence-electron chi connectivity index (χ1n) is 9.78. The minimum absolute atomic E-state index is 0.0804. The molecular formula is C23H28N4O2. The van der Waals surface area contributed by atoms with Crippen molar-refractivity contribution in [3.8, 4) is 11.4 Å². The number of aromatic nitrogens is 2. The number of benzene rings is 2. The minimum Gasteiger partial charge on any atom is -0.494 e. The maximum Gasteiger partial charge on any atom is 0.236 e. The summed E-state index contributed by atoms with van der Waals surface area (Å²) in [6.45, 7) is 4.20. The molecule has 0 bridgehead atoms. The van der Waals surface area contributed by atoms with Gasteiger partial charge in [-0.2, -0.15) is 5.10 Å². The SMILES string of the molecule is CCOc1ccc(CN(C)C(=O)CN(C)Cc2cnn(-c3ccccc3)c2)cc1. The van der Waals surface area contributed by atoms with E-state index in [4.69, 9.17) is 4.74 Å². The second-order valence-electron chi connectivity index (χ2n) is 7.13. The van der Waals surface area contributed by atoms with Crippen molar-refractivity contribution >= 4 is 5.91 Å². The van der Waals surface area contributed by atoms with Gasteiger partial charge in [0.2, 0.25) is 5.91 Å². The van der Waals surface area contributed by atoms with E-state index in [1.807, 2.05) is 97.6 Å².